The molecule has 1 nitrogen and oxygen atoms in total. The van der Waals surface area contributed by atoms with E-state index in [0.717, 1.165) is 30.7 Å². The van der Waals surface area contributed by atoms with Gasteiger partial charge in [-0.3, -0.25) is 0 Å². The van der Waals surface area contributed by atoms with Crippen molar-refractivity contribution in [2.24, 2.45) is 11.8 Å². The summed E-state index contributed by atoms with van der Waals surface area (Å²) >= 11 is 5.69. The summed E-state index contributed by atoms with van der Waals surface area (Å²) in [4.78, 5) is 2.53. The third-order valence-corrected chi connectivity index (χ3v) is 2.12. The normalized spacial score (nSPS) is 12.0. The maximum Gasteiger partial charge on any atom is 0.0235 e. The Morgan fingerprint density at radius 3 is 1.77 bits per heavy atom. The molecule has 0 N–H and O–H groups in total. The Hall–Kier alpha value is 0.250. The van der Waals surface area contributed by atoms with E-state index in [1.165, 1.54) is 13.1 Å². The van der Waals surface area contributed by atoms with Crippen LogP contribution in [0.5, 0.6) is 0 Å². The first-order chi connectivity index (χ1) is 6.06. The van der Waals surface area contributed by atoms with Gasteiger partial charge in [-0.1, -0.05) is 27.7 Å². The van der Waals surface area contributed by atoms with Crippen molar-refractivity contribution in [3.05, 3.63) is 0 Å². The van der Waals surface area contributed by atoms with E-state index in [9.17, 15) is 0 Å². The van der Waals surface area contributed by atoms with Crippen LogP contribution in [-0.2, 0) is 0 Å². The fraction of sp³-hybridized carbons (Fsp3) is 1.00. The van der Waals surface area contributed by atoms with Gasteiger partial charge in [-0.2, -0.15) is 0 Å². The van der Waals surface area contributed by atoms with Crippen LogP contribution in [0.15, 0.2) is 0 Å². The first-order valence-electron chi connectivity index (χ1n) is 5.34. The molecule has 0 aliphatic rings. The van der Waals surface area contributed by atoms with Crippen molar-refractivity contribution in [1.82, 2.24) is 4.90 Å². The minimum absolute atomic E-state index is 0.758. The van der Waals surface area contributed by atoms with Crippen LogP contribution in [0.25, 0.3) is 0 Å². The lowest BCUT2D eigenvalue weighted by atomic mass is 10.1. The molecule has 0 unspecified atom stereocenters. The number of alkyl halides is 1. The van der Waals surface area contributed by atoms with E-state index in [1.54, 1.807) is 0 Å². The highest BCUT2D eigenvalue weighted by Gasteiger charge is 2.08. The van der Waals surface area contributed by atoms with Crippen LogP contribution in [-0.4, -0.2) is 30.4 Å². The summed E-state index contributed by atoms with van der Waals surface area (Å²) in [6, 6.07) is 0. The molecule has 0 aromatic heterocycles. The molecule has 0 aliphatic heterocycles. The predicted octanol–water partition coefficient (Wildman–Crippen LogP) is 3.23. The van der Waals surface area contributed by atoms with Crippen molar-refractivity contribution in [3.63, 3.8) is 0 Å². The molecule has 0 saturated heterocycles. The first kappa shape index (κ1) is 13.2. The molecule has 0 aliphatic carbocycles. The lowest BCUT2D eigenvalue weighted by molar-refractivity contribution is 0.220. The molecule has 80 valence electrons. The molecule has 13 heavy (non-hydrogen) atoms. The van der Waals surface area contributed by atoms with E-state index in [-0.39, 0.29) is 0 Å². The zero-order valence-electron chi connectivity index (χ0n) is 9.52. The third-order valence-electron chi connectivity index (χ3n) is 1.85. The molecule has 0 bridgehead atoms. The molecule has 0 rings (SSSR count). The molecule has 0 fully saturated rings. The third kappa shape index (κ3) is 8.58. The van der Waals surface area contributed by atoms with E-state index in [1.807, 2.05) is 0 Å². The van der Waals surface area contributed by atoms with Crippen molar-refractivity contribution < 1.29 is 0 Å². The molecule has 0 amide bonds. The standard InChI is InChI=1S/C11H24ClN/c1-10(2)8-13(7-5-6-12)9-11(3)4/h10-11H,5-9H2,1-4H3. The van der Waals surface area contributed by atoms with Crippen molar-refractivity contribution in [1.29, 1.82) is 0 Å². The Morgan fingerprint density at radius 1 is 1.00 bits per heavy atom. The zero-order chi connectivity index (χ0) is 10.3. The van der Waals surface area contributed by atoms with Gasteiger partial charge in [-0.25, -0.2) is 0 Å². The quantitative estimate of drug-likeness (QED) is 0.577. The highest BCUT2D eigenvalue weighted by Crippen LogP contribution is 2.04. The molecule has 0 saturated carbocycles. The van der Waals surface area contributed by atoms with Gasteiger partial charge >= 0.3 is 0 Å². The maximum absolute atomic E-state index is 5.69. The van der Waals surface area contributed by atoms with Crippen LogP contribution >= 0.6 is 11.6 Å². The van der Waals surface area contributed by atoms with Crippen molar-refractivity contribution in [3.8, 4) is 0 Å². The van der Waals surface area contributed by atoms with E-state index in [2.05, 4.69) is 32.6 Å². The van der Waals surface area contributed by atoms with E-state index >= 15 is 0 Å². The van der Waals surface area contributed by atoms with Gasteiger partial charge in [-0.05, 0) is 24.8 Å². The van der Waals surface area contributed by atoms with Crippen LogP contribution < -0.4 is 0 Å². The average Bonchev–Trinajstić information content (AvgIpc) is 1.98. The molecule has 0 aromatic rings. The average molecular weight is 206 g/mol. The molecule has 2 heteroatoms. The molecular formula is C11H24ClN. The van der Waals surface area contributed by atoms with Crippen LogP contribution in [0.1, 0.15) is 34.1 Å². The summed E-state index contributed by atoms with van der Waals surface area (Å²) in [6.07, 6.45) is 1.11. The topological polar surface area (TPSA) is 3.24 Å². The van der Waals surface area contributed by atoms with Crippen LogP contribution in [0.2, 0.25) is 0 Å². The van der Waals surface area contributed by atoms with Crippen molar-refractivity contribution in [2.45, 2.75) is 34.1 Å². The number of nitrogens with zero attached hydrogens (tertiary/aromatic N) is 1. The van der Waals surface area contributed by atoms with Gasteiger partial charge in [0.1, 0.15) is 0 Å². The molecule has 0 radical (unpaired) electrons. The van der Waals surface area contributed by atoms with Crippen LogP contribution in [0.4, 0.5) is 0 Å². The molecule has 0 aromatic carbocycles. The number of hydrogen-bond acceptors (Lipinski definition) is 1. The Kier molecular flexibility index (Phi) is 7.78. The van der Waals surface area contributed by atoms with Gasteiger partial charge in [0.05, 0.1) is 0 Å². The second-order valence-electron chi connectivity index (χ2n) is 4.59. The van der Waals surface area contributed by atoms with Gasteiger partial charge in [0, 0.05) is 19.0 Å². The molecule has 0 spiro atoms. The summed E-state index contributed by atoms with van der Waals surface area (Å²) in [7, 11) is 0. The summed E-state index contributed by atoms with van der Waals surface area (Å²) < 4.78 is 0. The van der Waals surface area contributed by atoms with E-state index in [4.69, 9.17) is 11.6 Å². The second kappa shape index (κ2) is 7.64. The minimum Gasteiger partial charge on any atom is -0.303 e. The molecule has 0 heterocycles. The highest BCUT2D eigenvalue weighted by atomic mass is 35.5. The summed E-state index contributed by atoms with van der Waals surface area (Å²) in [5, 5.41) is 0. The monoisotopic (exact) mass is 205 g/mol. The Bertz CT molecular complexity index is 103. The Labute approximate surface area is 88.5 Å². The van der Waals surface area contributed by atoms with E-state index in [0.29, 0.717) is 0 Å². The van der Waals surface area contributed by atoms with E-state index < -0.39 is 0 Å². The SMILES string of the molecule is CC(C)CN(CCCCl)CC(C)C. The van der Waals surface area contributed by atoms with Gasteiger partial charge < -0.3 is 4.90 Å². The Morgan fingerprint density at radius 2 is 1.46 bits per heavy atom. The predicted molar refractivity (Wildman–Crippen MR) is 61.5 cm³/mol. The lowest BCUT2D eigenvalue weighted by Gasteiger charge is -2.25. The van der Waals surface area contributed by atoms with Gasteiger partial charge in [0.2, 0.25) is 0 Å². The fourth-order valence-corrected chi connectivity index (χ4v) is 1.69. The fourth-order valence-electron chi connectivity index (χ4n) is 1.57. The van der Waals surface area contributed by atoms with Gasteiger partial charge in [0.15, 0.2) is 0 Å². The zero-order valence-corrected chi connectivity index (χ0v) is 10.3. The van der Waals surface area contributed by atoms with Crippen LogP contribution in [0.3, 0.4) is 0 Å². The highest BCUT2D eigenvalue weighted by molar-refractivity contribution is 6.17. The maximum atomic E-state index is 5.69. The first-order valence-corrected chi connectivity index (χ1v) is 5.88. The van der Waals surface area contributed by atoms with Gasteiger partial charge in [-0.15, -0.1) is 11.6 Å². The molecule has 0 atom stereocenters. The van der Waals surface area contributed by atoms with Crippen molar-refractivity contribution in [2.75, 3.05) is 25.5 Å². The number of rotatable bonds is 7. The van der Waals surface area contributed by atoms with Crippen LogP contribution in [0, 0.1) is 11.8 Å². The summed E-state index contributed by atoms with van der Waals surface area (Å²) in [6.45, 7) is 12.6. The Balaban J connectivity index is 3.73. The summed E-state index contributed by atoms with van der Waals surface area (Å²) in [5.41, 5.74) is 0. The second-order valence-corrected chi connectivity index (χ2v) is 4.97. The largest absolute Gasteiger partial charge is 0.303 e. The lowest BCUT2D eigenvalue weighted by Crippen LogP contribution is -2.32. The number of hydrogen-bond donors (Lipinski definition) is 0. The minimum atomic E-state index is 0.758. The van der Waals surface area contributed by atoms with Gasteiger partial charge in [0.25, 0.3) is 0 Å². The summed E-state index contributed by atoms with van der Waals surface area (Å²) in [5.74, 6) is 2.30. The number of halogens is 1. The molecular weight excluding hydrogens is 182 g/mol. The van der Waals surface area contributed by atoms with Crippen molar-refractivity contribution >= 4 is 11.6 Å². The smallest absolute Gasteiger partial charge is 0.0235 e.